The van der Waals surface area contributed by atoms with Gasteiger partial charge in [0.15, 0.2) is 0 Å². The van der Waals surface area contributed by atoms with Crippen molar-refractivity contribution in [2.24, 2.45) is 0 Å². The highest BCUT2D eigenvalue weighted by Gasteiger charge is 2.09. The van der Waals surface area contributed by atoms with Crippen LogP contribution >= 0.6 is 0 Å². The van der Waals surface area contributed by atoms with Crippen LogP contribution in [0.15, 0.2) is 0 Å². The highest BCUT2D eigenvalue weighted by atomic mass is 32.2. The molecule has 0 aromatic rings. The minimum atomic E-state index is -4.16. The molecule has 0 saturated carbocycles. The molecule has 0 fully saturated rings. The zero-order chi connectivity index (χ0) is 9.61. The summed E-state index contributed by atoms with van der Waals surface area (Å²) >= 11 is 0. The smallest absolute Gasteiger partial charge is 0.450 e. The molecule has 12 heavy (non-hydrogen) atoms. The first kappa shape index (κ1) is 11.1. The van der Waals surface area contributed by atoms with Gasteiger partial charge in [-0.2, -0.15) is 8.42 Å². The van der Waals surface area contributed by atoms with Crippen molar-refractivity contribution in [2.45, 2.75) is 0 Å². The molecule has 0 aliphatic carbocycles. The van der Waals surface area contributed by atoms with Crippen molar-refractivity contribution in [2.75, 3.05) is 19.2 Å². The lowest BCUT2D eigenvalue weighted by Crippen LogP contribution is -2.13. The summed E-state index contributed by atoms with van der Waals surface area (Å²) in [5.74, 6) is 0. The number of halogens is 1. The molecule has 0 aliphatic rings. The molecule has 0 aromatic heterocycles. The maximum atomic E-state index is 11.5. The van der Waals surface area contributed by atoms with Crippen molar-refractivity contribution in [3.05, 3.63) is 0 Å². The molecule has 0 spiro atoms. The van der Waals surface area contributed by atoms with Crippen LogP contribution in [-0.2, 0) is 19.0 Å². The average Bonchev–Trinajstić information content (AvgIpc) is 1.98. The second-order valence-corrected chi connectivity index (χ2v) is 3.17. The Balaban J connectivity index is 3.51. The normalized spacial score (nSPS) is 11.1. The lowest BCUT2D eigenvalue weighted by atomic mass is 10.8. The molecule has 0 unspecified atom stereocenters. The lowest BCUT2D eigenvalue weighted by Gasteiger charge is -2.00. The average molecular weight is 202 g/mol. The third-order valence-corrected chi connectivity index (χ3v) is 1.50. The molecular formula is C4H7FO6S. The number of ether oxygens (including phenoxy) is 1. The number of hydrogen-bond acceptors (Lipinski definition) is 5. The van der Waals surface area contributed by atoms with Crippen molar-refractivity contribution in [1.82, 2.24) is 0 Å². The van der Waals surface area contributed by atoms with E-state index in [0.29, 0.717) is 0 Å². The van der Waals surface area contributed by atoms with Gasteiger partial charge in [-0.25, -0.2) is 9.18 Å². The van der Waals surface area contributed by atoms with Crippen LogP contribution in [0.2, 0.25) is 0 Å². The molecule has 72 valence electrons. The van der Waals surface area contributed by atoms with Gasteiger partial charge >= 0.3 is 6.16 Å². The first-order valence-corrected chi connectivity index (χ1v) is 4.34. The highest BCUT2D eigenvalue weighted by Crippen LogP contribution is 1.93. The minimum absolute atomic E-state index is 0.450. The van der Waals surface area contributed by atoms with Crippen LogP contribution in [0.4, 0.5) is 9.18 Å². The van der Waals surface area contributed by atoms with Crippen LogP contribution in [0.1, 0.15) is 0 Å². The predicted octanol–water partition coefficient (Wildman–Crippen LogP) is -0.0456. The first-order chi connectivity index (χ1) is 5.48. The van der Waals surface area contributed by atoms with Gasteiger partial charge in [0.1, 0.15) is 13.2 Å². The van der Waals surface area contributed by atoms with Gasteiger partial charge in [-0.05, 0) is 0 Å². The summed E-state index contributed by atoms with van der Waals surface area (Å²) < 4.78 is 39.8. The molecule has 0 bridgehead atoms. The lowest BCUT2D eigenvalue weighted by molar-refractivity contribution is 0.0786. The molecule has 0 saturated heterocycles. The fraction of sp³-hybridized carbons (Fsp3) is 0.750. The molecule has 0 aliphatic heterocycles. The van der Waals surface area contributed by atoms with E-state index < -0.39 is 35.5 Å². The summed E-state index contributed by atoms with van der Waals surface area (Å²) in [4.78, 5) is 9.69. The monoisotopic (exact) mass is 202 g/mol. The Morgan fingerprint density at radius 1 is 1.42 bits per heavy atom. The van der Waals surface area contributed by atoms with Crippen molar-refractivity contribution in [3.63, 3.8) is 0 Å². The van der Waals surface area contributed by atoms with Gasteiger partial charge in [0.25, 0.3) is 10.1 Å². The SMILES string of the molecule is O=C(O)OCCOS(=O)(=O)CF. The van der Waals surface area contributed by atoms with Gasteiger partial charge in [-0.15, -0.1) is 0 Å². The minimum Gasteiger partial charge on any atom is -0.450 e. The number of carbonyl (C=O) groups is 1. The fourth-order valence-corrected chi connectivity index (χ4v) is 0.706. The van der Waals surface area contributed by atoms with Gasteiger partial charge in [-0.1, -0.05) is 0 Å². The summed E-state index contributed by atoms with van der Waals surface area (Å²) in [5.41, 5.74) is 0. The molecule has 6 nitrogen and oxygen atoms in total. The van der Waals surface area contributed by atoms with Crippen molar-refractivity contribution >= 4 is 16.3 Å². The van der Waals surface area contributed by atoms with Crippen molar-refractivity contribution in [3.8, 4) is 0 Å². The third-order valence-electron chi connectivity index (χ3n) is 0.705. The summed E-state index contributed by atoms with van der Waals surface area (Å²) in [6.45, 7) is -0.965. The Morgan fingerprint density at radius 2 is 2.00 bits per heavy atom. The van der Waals surface area contributed by atoms with Crippen LogP contribution < -0.4 is 0 Å². The molecule has 0 rings (SSSR count). The topological polar surface area (TPSA) is 89.9 Å². The van der Waals surface area contributed by atoms with E-state index in [1.807, 2.05) is 0 Å². The summed E-state index contributed by atoms with van der Waals surface area (Å²) in [6, 6.07) is -1.64. The van der Waals surface area contributed by atoms with Crippen LogP contribution in [0.3, 0.4) is 0 Å². The molecule has 0 amide bonds. The van der Waals surface area contributed by atoms with Crippen LogP contribution in [0.25, 0.3) is 0 Å². The summed E-state index contributed by atoms with van der Waals surface area (Å²) in [6.07, 6.45) is -1.55. The van der Waals surface area contributed by atoms with E-state index in [1.165, 1.54) is 0 Å². The quantitative estimate of drug-likeness (QED) is 0.382. The maximum absolute atomic E-state index is 11.5. The Hall–Kier alpha value is -0.890. The van der Waals surface area contributed by atoms with Gasteiger partial charge in [-0.3, -0.25) is 4.18 Å². The van der Waals surface area contributed by atoms with E-state index in [1.54, 1.807) is 0 Å². The Kier molecular flexibility index (Phi) is 4.52. The van der Waals surface area contributed by atoms with Crippen molar-refractivity contribution in [1.29, 1.82) is 0 Å². The predicted molar refractivity (Wildman–Crippen MR) is 34.8 cm³/mol. The van der Waals surface area contributed by atoms with E-state index in [-0.39, 0.29) is 0 Å². The number of carboxylic acid groups (broad SMARTS) is 1. The Labute approximate surface area is 68.0 Å². The van der Waals surface area contributed by atoms with Gasteiger partial charge < -0.3 is 9.84 Å². The van der Waals surface area contributed by atoms with Crippen molar-refractivity contribution < 1.29 is 31.6 Å². The highest BCUT2D eigenvalue weighted by molar-refractivity contribution is 7.86. The molecular weight excluding hydrogens is 195 g/mol. The maximum Gasteiger partial charge on any atom is 0.505 e. The second-order valence-electron chi connectivity index (χ2n) is 1.60. The van der Waals surface area contributed by atoms with Gasteiger partial charge in [0.05, 0.1) is 0 Å². The number of hydrogen-bond donors (Lipinski definition) is 1. The summed E-state index contributed by atoms with van der Waals surface area (Å²) in [7, 11) is -4.16. The second kappa shape index (κ2) is 4.88. The molecule has 0 aromatic carbocycles. The van der Waals surface area contributed by atoms with Crippen LogP contribution in [-0.4, -0.2) is 38.9 Å². The number of rotatable bonds is 5. The number of alkyl halides is 1. The van der Waals surface area contributed by atoms with E-state index in [9.17, 15) is 17.6 Å². The van der Waals surface area contributed by atoms with Gasteiger partial charge in [0.2, 0.25) is 6.01 Å². The first-order valence-electron chi connectivity index (χ1n) is 2.77. The molecule has 1 N–H and O–H groups in total. The standard InChI is InChI=1S/C4H7FO6S/c5-3-12(8,9)11-2-1-10-4(6)7/h1-3H2,(H,6,7). The van der Waals surface area contributed by atoms with E-state index in [2.05, 4.69) is 8.92 Å². The zero-order valence-electron chi connectivity index (χ0n) is 5.90. The Morgan fingerprint density at radius 3 is 2.42 bits per heavy atom. The molecule has 0 radical (unpaired) electrons. The summed E-state index contributed by atoms with van der Waals surface area (Å²) in [5, 5.41) is 7.90. The van der Waals surface area contributed by atoms with Crippen LogP contribution in [0.5, 0.6) is 0 Å². The molecule has 0 atom stereocenters. The van der Waals surface area contributed by atoms with Crippen LogP contribution in [0, 0.1) is 0 Å². The third kappa shape index (κ3) is 5.86. The van der Waals surface area contributed by atoms with Gasteiger partial charge in [0, 0.05) is 0 Å². The largest absolute Gasteiger partial charge is 0.505 e. The van der Waals surface area contributed by atoms with E-state index >= 15 is 0 Å². The zero-order valence-corrected chi connectivity index (χ0v) is 6.71. The fourth-order valence-electron chi connectivity index (χ4n) is 0.321. The van der Waals surface area contributed by atoms with E-state index in [4.69, 9.17) is 5.11 Å². The van der Waals surface area contributed by atoms with E-state index in [0.717, 1.165) is 0 Å². The molecule has 0 heterocycles. The Bertz CT molecular complexity index is 234. The molecule has 8 heteroatoms.